The molecule has 0 heterocycles. The molecule has 0 saturated heterocycles. The third-order valence-corrected chi connectivity index (χ3v) is 4.68. The zero-order valence-corrected chi connectivity index (χ0v) is 14.2. The molecule has 0 spiro atoms. The third kappa shape index (κ3) is 5.17. The van der Waals surface area contributed by atoms with E-state index >= 15 is 0 Å². The molecular formula is C17H22N2O3S. The quantitative estimate of drug-likeness (QED) is 0.766. The summed E-state index contributed by atoms with van der Waals surface area (Å²) in [5, 5.41) is 3.25. The molecule has 2 aromatic carbocycles. The first kappa shape index (κ1) is 17.1. The van der Waals surface area contributed by atoms with Crippen LogP contribution >= 0.6 is 0 Å². The summed E-state index contributed by atoms with van der Waals surface area (Å²) in [5.41, 5.74) is 2.27. The first-order valence-corrected chi connectivity index (χ1v) is 9.20. The minimum absolute atomic E-state index is 0.144. The largest absolute Gasteiger partial charge is 0.495 e. The molecule has 2 aromatic rings. The zero-order valence-electron chi connectivity index (χ0n) is 13.4. The van der Waals surface area contributed by atoms with Crippen LogP contribution in [0.5, 0.6) is 5.75 Å². The molecule has 2 N–H and O–H groups in total. The number of benzene rings is 2. The number of ether oxygens (including phenoxy) is 1. The van der Waals surface area contributed by atoms with Crippen LogP contribution in [0.15, 0.2) is 48.5 Å². The molecular weight excluding hydrogens is 312 g/mol. The van der Waals surface area contributed by atoms with Crippen molar-refractivity contribution in [2.45, 2.75) is 19.8 Å². The molecule has 124 valence electrons. The van der Waals surface area contributed by atoms with Gasteiger partial charge in [0, 0.05) is 11.4 Å². The van der Waals surface area contributed by atoms with Gasteiger partial charge in [-0.15, -0.1) is 0 Å². The molecule has 0 aliphatic rings. The summed E-state index contributed by atoms with van der Waals surface area (Å²) in [7, 11) is -1.65. The maximum absolute atomic E-state index is 11.9. The van der Waals surface area contributed by atoms with Crippen LogP contribution < -0.4 is 14.8 Å². The average molecular weight is 334 g/mol. The van der Waals surface area contributed by atoms with Gasteiger partial charge in [0.05, 0.1) is 18.6 Å². The van der Waals surface area contributed by atoms with Crippen molar-refractivity contribution in [2.24, 2.45) is 0 Å². The first-order chi connectivity index (χ1) is 11.0. The van der Waals surface area contributed by atoms with E-state index in [4.69, 9.17) is 4.74 Å². The Morgan fingerprint density at radius 3 is 2.30 bits per heavy atom. The maximum Gasteiger partial charge on any atom is 0.232 e. The van der Waals surface area contributed by atoms with Gasteiger partial charge in [-0.1, -0.05) is 25.5 Å². The summed E-state index contributed by atoms with van der Waals surface area (Å²) in [5.74, 6) is 0.891. The van der Waals surface area contributed by atoms with Crippen molar-refractivity contribution < 1.29 is 13.2 Å². The highest BCUT2D eigenvalue weighted by molar-refractivity contribution is 7.92. The second kappa shape index (κ2) is 7.87. The fourth-order valence-corrected chi connectivity index (χ4v) is 3.36. The second-order valence-electron chi connectivity index (χ2n) is 5.18. The van der Waals surface area contributed by atoms with E-state index in [9.17, 15) is 8.42 Å². The van der Waals surface area contributed by atoms with Gasteiger partial charge in [-0.05, 0) is 42.8 Å². The van der Waals surface area contributed by atoms with E-state index in [1.54, 1.807) is 19.2 Å². The number of nitrogens with one attached hydrogen (secondary N) is 2. The van der Waals surface area contributed by atoms with Crippen molar-refractivity contribution in [3.05, 3.63) is 48.5 Å². The van der Waals surface area contributed by atoms with E-state index in [-0.39, 0.29) is 5.75 Å². The first-order valence-electron chi connectivity index (χ1n) is 7.54. The van der Waals surface area contributed by atoms with Crippen LogP contribution in [0.1, 0.15) is 19.8 Å². The lowest BCUT2D eigenvalue weighted by Crippen LogP contribution is -2.16. The summed E-state index contributed by atoms with van der Waals surface area (Å²) in [6, 6.07) is 14.7. The van der Waals surface area contributed by atoms with Crippen molar-refractivity contribution in [1.29, 1.82) is 0 Å². The normalized spacial score (nSPS) is 11.0. The molecule has 6 heteroatoms. The second-order valence-corrected chi connectivity index (χ2v) is 7.02. The summed E-state index contributed by atoms with van der Waals surface area (Å²) in [6.45, 7) is 1.97. The molecule has 0 aromatic heterocycles. The van der Waals surface area contributed by atoms with Crippen LogP contribution in [0.25, 0.3) is 0 Å². The van der Waals surface area contributed by atoms with Gasteiger partial charge in [-0.3, -0.25) is 4.72 Å². The number of hydrogen-bond donors (Lipinski definition) is 2. The summed E-state index contributed by atoms with van der Waals surface area (Å²) < 4.78 is 31.6. The smallest absolute Gasteiger partial charge is 0.232 e. The molecule has 23 heavy (non-hydrogen) atoms. The molecule has 0 aliphatic carbocycles. The van der Waals surface area contributed by atoms with Crippen LogP contribution in [-0.2, 0) is 10.0 Å². The van der Waals surface area contributed by atoms with Crippen LogP contribution in [0.4, 0.5) is 17.1 Å². The monoisotopic (exact) mass is 334 g/mol. The predicted molar refractivity (Wildman–Crippen MR) is 95.0 cm³/mol. The van der Waals surface area contributed by atoms with E-state index in [2.05, 4.69) is 10.0 Å². The number of anilines is 3. The number of methoxy groups -OCH3 is 1. The van der Waals surface area contributed by atoms with Gasteiger partial charge in [-0.25, -0.2) is 8.42 Å². The van der Waals surface area contributed by atoms with Crippen molar-refractivity contribution in [3.63, 3.8) is 0 Å². The number of unbranched alkanes of at least 4 members (excludes halogenated alkanes) is 1. The van der Waals surface area contributed by atoms with Gasteiger partial charge in [0.25, 0.3) is 0 Å². The molecule has 2 rings (SSSR count). The lowest BCUT2D eigenvalue weighted by atomic mass is 10.2. The lowest BCUT2D eigenvalue weighted by molar-refractivity contribution is 0.417. The lowest BCUT2D eigenvalue weighted by Gasteiger charge is -2.12. The van der Waals surface area contributed by atoms with Gasteiger partial charge in [0.15, 0.2) is 0 Å². The van der Waals surface area contributed by atoms with Crippen molar-refractivity contribution in [1.82, 2.24) is 0 Å². The number of rotatable bonds is 8. The van der Waals surface area contributed by atoms with Gasteiger partial charge >= 0.3 is 0 Å². The summed E-state index contributed by atoms with van der Waals surface area (Å²) >= 11 is 0. The Bertz CT molecular complexity index is 728. The van der Waals surface area contributed by atoms with Gasteiger partial charge in [-0.2, -0.15) is 0 Å². The predicted octanol–water partition coefficient (Wildman–Crippen LogP) is 3.98. The fourth-order valence-electron chi connectivity index (χ4n) is 2.09. The molecule has 5 nitrogen and oxygen atoms in total. The third-order valence-electron chi connectivity index (χ3n) is 3.31. The maximum atomic E-state index is 11.9. The molecule has 0 amide bonds. The molecule has 0 bridgehead atoms. The van der Waals surface area contributed by atoms with E-state index in [0.29, 0.717) is 12.1 Å². The highest BCUT2D eigenvalue weighted by Gasteiger charge is 2.09. The van der Waals surface area contributed by atoms with Crippen LogP contribution in [0.3, 0.4) is 0 Å². The van der Waals surface area contributed by atoms with Crippen molar-refractivity contribution in [2.75, 3.05) is 22.9 Å². The van der Waals surface area contributed by atoms with E-state index < -0.39 is 10.0 Å². The Balaban J connectivity index is 2.05. The Labute approximate surface area is 137 Å². The minimum atomic E-state index is -3.27. The minimum Gasteiger partial charge on any atom is -0.495 e. The highest BCUT2D eigenvalue weighted by Crippen LogP contribution is 2.27. The Hall–Kier alpha value is -2.21. The fraction of sp³-hybridized carbons (Fsp3) is 0.294. The van der Waals surface area contributed by atoms with Crippen LogP contribution in [0, 0.1) is 0 Å². The number of para-hydroxylation sites is 2. The van der Waals surface area contributed by atoms with Crippen LogP contribution in [0.2, 0.25) is 0 Å². The summed E-state index contributed by atoms with van der Waals surface area (Å²) in [4.78, 5) is 0. The molecule has 0 atom stereocenters. The molecule has 0 aliphatic heterocycles. The highest BCUT2D eigenvalue weighted by atomic mass is 32.2. The zero-order chi connectivity index (χ0) is 16.7. The Morgan fingerprint density at radius 2 is 1.65 bits per heavy atom. The van der Waals surface area contributed by atoms with Crippen molar-refractivity contribution in [3.8, 4) is 5.75 Å². The summed E-state index contributed by atoms with van der Waals surface area (Å²) in [6.07, 6.45) is 1.51. The van der Waals surface area contributed by atoms with Gasteiger partial charge in [0.1, 0.15) is 5.75 Å². The van der Waals surface area contributed by atoms with Crippen LogP contribution in [-0.4, -0.2) is 21.3 Å². The molecule has 0 unspecified atom stereocenters. The van der Waals surface area contributed by atoms with Crippen molar-refractivity contribution >= 4 is 27.1 Å². The topological polar surface area (TPSA) is 67.4 Å². The SMILES string of the molecule is CCCCS(=O)(=O)Nc1ccc(Nc2ccccc2OC)cc1. The molecule has 0 fully saturated rings. The Morgan fingerprint density at radius 1 is 1.00 bits per heavy atom. The molecule has 0 saturated carbocycles. The van der Waals surface area contributed by atoms with E-state index in [1.807, 2.05) is 43.3 Å². The number of sulfonamides is 1. The number of hydrogen-bond acceptors (Lipinski definition) is 4. The van der Waals surface area contributed by atoms with E-state index in [1.165, 1.54) is 0 Å². The van der Waals surface area contributed by atoms with Gasteiger partial charge in [0.2, 0.25) is 10.0 Å². The standard InChI is InChI=1S/C17H22N2O3S/c1-3-4-13-23(20,21)19-15-11-9-14(10-12-15)18-16-7-5-6-8-17(16)22-2/h5-12,18-19H,3-4,13H2,1-2H3. The van der Waals surface area contributed by atoms with Gasteiger partial charge < -0.3 is 10.1 Å². The Kier molecular flexibility index (Phi) is 5.87. The molecule has 0 radical (unpaired) electrons. The van der Waals surface area contributed by atoms with E-state index in [0.717, 1.165) is 23.5 Å². The average Bonchev–Trinajstić information content (AvgIpc) is 2.55.